The van der Waals surface area contributed by atoms with Crippen molar-refractivity contribution in [2.75, 3.05) is 5.73 Å². The fourth-order valence-electron chi connectivity index (χ4n) is 2.13. The van der Waals surface area contributed by atoms with Gasteiger partial charge in [0.15, 0.2) is 0 Å². The van der Waals surface area contributed by atoms with Gasteiger partial charge in [0.25, 0.3) is 5.91 Å². The molecular weight excluding hydrogens is 270 g/mol. The number of hydrogen-bond donors (Lipinski definition) is 2. The average Bonchev–Trinajstić information content (AvgIpc) is 2.73. The van der Waals surface area contributed by atoms with Gasteiger partial charge >= 0.3 is 0 Å². The molecule has 2 aromatic rings. The molecular formula is C15H21N3OS. The Bertz CT molecular complexity index is 676. The summed E-state index contributed by atoms with van der Waals surface area (Å²) in [5, 5.41) is 3.88. The molecule has 0 radical (unpaired) electrons. The van der Waals surface area contributed by atoms with Crippen molar-refractivity contribution in [2.24, 2.45) is 0 Å². The summed E-state index contributed by atoms with van der Waals surface area (Å²) in [6, 6.07) is 0.143. The number of thiophene rings is 1. The van der Waals surface area contributed by atoms with Crippen molar-refractivity contribution in [1.82, 2.24) is 10.3 Å². The van der Waals surface area contributed by atoms with Gasteiger partial charge in [-0.25, -0.2) is 4.98 Å². The molecule has 20 heavy (non-hydrogen) atoms. The average molecular weight is 291 g/mol. The van der Waals surface area contributed by atoms with E-state index < -0.39 is 0 Å². The first kappa shape index (κ1) is 14.8. The number of aryl methyl sites for hydroxylation is 2. The van der Waals surface area contributed by atoms with Crippen LogP contribution in [0, 0.1) is 20.8 Å². The van der Waals surface area contributed by atoms with Gasteiger partial charge in [-0.2, -0.15) is 0 Å². The first-order valence-electron chi connectivity index (χ1n) is 6.83. The Morgan fingerprint density at radius 1 is 1.35 bits per heavy atom. The molecule has 2 aromatic heterocycles. The van der Waals surface area contributed by atoms with Crippen LogP contribution in [0.2, 0.25) is 0 Å². The first-order chi connectivity index (χ1) is 9.36. The maximum Gasteiger partial charge on any atom is 0.263 e. The third-order valence-corrected chi connectivity index (χ3v) is 4.97. The normalized spacial score (nSPS) is 12.7. The molecule has 0 bridgehead atoms. The Morgan fingerprint density at radius 3 is 2.60 bits per heavy atom. The maximum absolute atomic E-state index is 12.3. The van der Waals surface area contributed by atoms with Gasteiger partial charge in [0, 0.05) is 17.1 Å². The second-order valence-corrected chi connectivity index (χ2v) is 6.25. The van der Waals surface area contributed by atoms with E-state index in [-0.39, 0.29) is 11.9 Å². The van der Waals surface area contributed by atoms with Crippen LogP contribution in [0.5, 0.6) is 0 Å². The fraction of sp³-hybridized carbons (Fsp3) is 0.467. The van der Waals surface area contributed by atoms with Crippen LogP contribution in [0.15, 0.2) is 0 Å². The Morgan fingerprint density at radius 2 is 2.00 bits per heavy atom. The number of carbonyl (C=O) groups excluding carboxylic acids is 1. The molecule has 1 amide bonds. The van der Waals surface area contributed by atoms with Crippen LogP contribution in [0.4, 0.5) is 5.69 Å². The molecule has 2 rings (SSSR count). The van der Waals surface area contributed by atoms with E-state index in [1.54, 1.807) is 0 Å². The lowest BCUT2D eigenvalue weighted by atomic mass is 10.1. The minimum Gasteiger partial charge on any atom is -0.397 e. The molecule has 108 valence electrons. The Balaban J connectivity index is 2.54. The zero-order valence-electron chi connectivity index (χ0n) is 12.6. The van der Waals surface area contributed by atoms with Crippen LogP contribution in [-0.4, -0.2) is 16.9 Å². The highest BCUT2D eigenvalue weighted by Gasteiger charge is 2.20. The molecule has 0 aromatic carbocycles. The minimum absolute atomic E-state index is 0.102. The van der Waals surface area contributed by atoms with E-state index in [0.29, 0.717) is 10.6 Å². The van der Waals surface area contributed by atoms with E-state index in [1.807, 2.05) is 34.6 Å². The molecule has 0 saturated carbocycles. The number of nitrogens with one attached hydrogen (secondary N) is 1. The molecule has 4 nitrogen and oxygen atoms in total. The highest BCUT2D eigenvalue weighted by Crippen LogP contribution is 2.36. The zero-order chi connectivity index (χ0) is 15.0. The molecule has 0 aliphatic rings. The van der Waals surface area contributed by atoms with E-state index in [9.17, 15) is 4.79 Å². The van der Waals surface area contributed by atoms with Gasteiger partial charge in [0.05, 0.1) is 5.69 Å². The summed E-state index contributed by atoms with van der Waals surface area (Å²) >= 11 is 1.37. The van der Waals surface area contributed by atoms with E-state index in [4.69, 9.17) is 5.73 Å². The van der Waals surface area contributed by atoms with Crippen molar-refractivity contribution in [3.63, 3.8) is 0 Å². The number of nitrogens with zero attached hydrogens (tertiary/aromatic N) is 1. The molecule has 3 N–H and O–H groups in total. The van der Waals surface area contributed by atoms with Crippen molar-refractivity contribution in [2.45, 2.75) is 47.1 Å². The van der Waals surface area contributed by atoms with Crippen molar-refractivity contribution in [3.05, 3.63) is 21.7 Å². The SMILES string of the molecule is CCC(C)NC(=O)c1sc2nc(C)c(C)c(C)c2c1N. The number of hydrogen-bond acceptors (Lipinski definition) is 4. The van der Waals surface area contributed by atoms with E-state index in [1.165, 1.54) is 11.3 Å². The smallest absolute Gasteiger partial charge is 0.263 e. The highest BCUT2D eigenvalue weighted by atomic mass is 32.1. The number of anilines is 1. The summed E-state index contributed by atoms with van der Waals surface area (Å²) in [4.78, 5) is 18.2. The monoisotopic (exact) mass is 291 g/mol. The molecule has 5 heteroatoms. The molecule has 0 aliphatic carbocycles. The summed E-state index contributed by atoms with van der Waals surface area (Å²) in [6.07, 6.45) is 0.895. The van der Waals surface area contributed by atoms with Gasteiger partial charge in [-0.3, -0.25) is 4.79 Å². The van der Waals surface area contributed by atoms with Crippen molar-refractivity contribution >= 4 is 33.1 Å². The third kappa shape index (κ3) is 2.38. The molecule has 1 unspecified atom stereocenters. The summed E-state index contributed by atoms with van der Waals surface area (Å²) < 4.78 is 0. The number of rotatable bonds is 3. The number of nitrogens with two attached hydrogens (primary N) is 1. The maximum atomic E-state index is 12.3. The van der Waals surface area contributed by atoms with Gasteiger partial charge < -0.3 is 11.1 Å². The number of aromatic nitrogens is 1. The van der Waals surface area contributed by atoms with Gasteiger partial charge in [-0.05, 0) is 45.2 Å². The largest absolute Gasteiger partial charge is 0.397 e. The Kier molecular flexibility index (Phi) is 3.99. The molecule has 0 aliphatic heterocycles. The predicted molar refractivity (Wildman–Crippen MR) is 85.5 cm³/mol. The predicted octanol–water partition coefficient (Wildman–Crippen LogP) is 3.33. The second kappa shape index (κ2) is 5.40. The van der Waals surface area contributed by atoms with Gasteiger partial charge in [0.2, 0.25) is 0 Å². The van der Waals surface area contributed by atoms with Crippen LogP contribution in [0.25, 0.3) is 10.2 Å². The lowest BCUT2D eigenvalue weighted by Crippen LogP contribution is -2.31. The van der Waals surface area contributed by atoms with Gasteiger partial charge in [0.1, 0.15) is 9.71 Å². The van der Waals surface area contributed by atoms with E-state index in [2.05, 4.69) is 10.3 Å². The van der Waals surface area contributed by atoms with Crippen LogP contribution < -0.4 is 11.1 Å². The Hall–Kier alpha value is -1.62. The standard InChI is InChI=1S/C15H21N3OS/c1-6-7(2)17-14(19)13-12(16)11-9(4)8(3)10(5)18-15(11)20-13/h7H,6,16H2,1-5H3,(H,17,19). The lowest BCUT2D eigenvalue weighted by molar-refractivity contribution is 0.0944. The molecule has 0 fully saturated rings. The van der Waals surface area contributed by atoms with Crippen molar-refractivity contribution in [1.29, 1.82) is 0 Å². The fourth-order valence-corrected chi connectivity index (χ4v) is 3.23. The number of fused-ring (bicyclic) bond motifs is 1. The van der Waals surface area contributed by atoms with E-state index >= 15 is 0 Å². The number of carbonyl (C=O) groups is 1. The number of pyridine rings is 1. The van der Waals surface area contributed by atoms with Crippen molar-refractivity contribution < 1.29 is 4.79 Å². The quantitative estimate of drug-likeness (QED) is 0.911. The van der Waals surface area contributed by atoms with Gasteiger partial charge in [-0.15, -0.1) is 11.3 Å². The lowest BCUT2D eigenvalue weighted by Gasteiger charge is -2.10. The van der Waals surface area contributed by atoms with Crippen LogP contribution >= 0.6 is 11.3 Å². The summed E-state index contributed by atoms with van der Waals surface area (Å²) in [5.41, 5.74) is 9.98. The molecule has 2 heterocycles. The Labute approximate surface area is 123 Å². The topological polar surface area (TPSA) is 68.0 Å². The number of nitrogen functional groups attached to an aromatic ring is 1. The highest BCUT2D eigenvalue weighted by molar-refractivity contribution is 7.21. The van der Waals surface area contributed by atoms with E-state index in [0.717, 1.165) is 33.5 Å². The second-order valence-electron chi connectivity index (χ2n) is 5.25. The number of amides is 1. The van der Waals surface area contributed by atoms with Gasteiger partial charge in [-0.1, -0.05) is 6.92 Å². The van der Waals surface area contributed by atoms with Crippen LogP contribution in [0.3, 0.4) is 0 Å². The molecule has 1 atom stereocenters. The zero-order valence-corrected chi connectivity index (χ0v) is 13.4. The molecule has 0 saturated heterocycles. The van der Waals surface area contributed by atoms with Crippen molar-refractivity contribution in [3.8, 4) is 0 Å². The summed E-state index contributed by atoms with van der Waals surface area (Å²) in [7, 11) is 0. The minimum atomic E-state index is -0.102. The molecule has 0 spiro atoms. The van der Waals surface area contributed by atoms with Crippen LogP contribution in [-0.2, 0) is 0 Å². The van der Waals surface area contributed by atoms with Crippen LogP contribution in [0.1, 0.15) is 46.8 Å². The summed E-state index contributed by atoms with van der Waals surface area (Å²) in [6.45, 7) is 10.1. The summed E-state index contributed by atoms with van der Waals surface area (Å²) in [5.74, 6) is -0.102. The third-order valence-electron chi connectivity index (χ3n) is 3.87. The first-order valence-corrected chi connectivity index (χ1v) is 7.65.